The molecule has 0 aliphatic carbocycles. The van der Waals surface area contributed by atoms with E-state index in [9.17, 15) is 0 Å². The van der Waals surface area contributed by atoms with Crippen LogP contribution < -0.4 is 5.73 Å². The van der Waals surface area contributed by atoms with Gasteiger partial charge in [-0.15, -0.1) is 0 Å². The van der Waals surface area contributed by atoms with Crippen LogP contribution in [0.25, 0.3) is 11.6 Å². The maximum Gasteiger partial charge on any atom is 0.238 e. The van der Waals surface area contributed by atoms with E-state index < -0.39 is 0 Å². The number of nitrogens with one attached hydrogen (secondary N) is 1. The lowest BCUT2D eigenvalue weighted by atomic mass is 10.2. The molecule has 1 atom stereocenters. The molecule has 92 valence electrons. The highest BCUT2D eigenvalue weighted by molar-refractivity contribution is 5.40. The van der Waals surface area contributed by atoms with Crippen molar-refractivity contribution in [1.82, 2.24) is 20.1 Å². The molecule has 3 N–H and O–H groups in total. The van der Waals surface area contributed by atoms with E-state index in [1.807, 2.05) is 6.92 Å². The van der Waals surface area contributed by atoms with Crippen LogP contribution >= 0.6 is 0 Å². The lowest BCUT2D eigenvalue weighted by Crippen LogP contribution is -2.26. The van der Waals surface area contributed by atoms with Crippen molar-refractivity contribution in [2.75, 3.05) is 13.2 Å². The van der Waals surface area contributed by atoms with Gasteiger partial charge in [0.05, 0.1) is 12.5 Å². The van der Waals surface area contributed by atoms with E-state index in [1.54, 1.807) is 12.4 Å². The van der Waals surface area contributed by atoms with Crippen LogP contribution in [0.4, 0.5) is 0 Å². The Kier molecular flexibility index (Phi) is 3.84. The van der Waals surface area contributed by atoms with Crippen molar-refractivity contribution in [3.63, 3.8) is 0 Å². The standard InChI is InChI=1S/C10H15N5O2/c1-2-16-7(6-11)5-8-14-10(15-17-8)9-12-3-4-13-9/h3-4,7H,2,5-6,11H2,1H3,(H,12,13). The number of hydrogen-bond donors (Lipinski definition) is 2. The molecule has 0 aliphatic rings. The predicted molar refractivity (Wildman–Crippen MR) is 60.1 cm³/mol. The molecule has 0 aliphatic heterocycles. The van der Waals surface area contributed by atoms with Crippen molar-refractivity contribution < 1.29 is 9.26 Å². The van der Waals surface area contributed by atoms with Crippen LogP contribution in [0, 0.1) is 0 Å². The van der Waals surface area contributed by atoms with Gasteiger partial charge in [0.15, 0.2) is 5.82 Å². The Hall–Kier alpha value is -1.73. The number of rotatable bonds is 6. The Morgan fingerprint density at radius 1 is 1.59 bits per heavy atom. The van der Waals surface area contributed by atoms with Gasteiger partial charge < -0.3 is 20.0 Å². The van der Waals surface area contributed by atoms with Gasteiger partial charge in [-0.05, 0) is 6.92 Å². The highest BCUT2D eigenvalue weighted by Crippen LogP contribution is 2.11. The summed E-state index contributed by atoms with van der Waals surface area (Å²) in [4.78, 5) is 11.2. The number of H-pyrrole nitrogens is 1. The van der Waals surface area contributed by atoms with Gasteiger partial charge in [0.25, 0.3) is 0 Å². The molecule has 1 unspecified atom stereocenters. The number of aromatic nitrogens is 4. The molecule has 7 nitrogen and oxygen atoms in total. The second kappa shape index (κ2) is 5.55. The average Bonchev–Trinajstić information content (AvgIpc) is 2.98. The number of aromatic amines is 1. The van der Waals surface area contributed by atoms with E-state index in [1.165, 1.54) is 0 Å². The monoisotopic (exact) mass is 237 g/mol. The molecule has 2 aromatic rings. The average molecular weight is 237 g/mol. The zero-order valence-electron chi connectivity index (χ0n) is 9.59. The molecule has 0 aromatic carbocycles. The van der Waals surface area contributed by atoms with Gasteiger partial charge in [0.1, 0.15) is 0 Å². The van der Waals surface area contributed by atoms with Crippen molar-refractivity contribution >= 4 is 0 Å². The van der Waals surface area contributed by atoms with E-state index in [-0.39, 0.29) is 6.10 Å². The fourth-order valence-corrected chi connectivity index (χ4v) is 1.46. The van der Waals surface area contributed by atoms with Crippen molar-refractivity contribution in [2.45, 2.75) is 19.4 Å². The van der Waals surface area contributed by atoms with E-state index in [0.717, 1.165) is 0 Å². The van der Waals surface area contributed by atoms with Crippen LogP contribution in [0.15, 0.2) is 16.9 Å². The number of nitrogens with two attached hydrogens (primary N) is 1. The Morgan fingerprint density at radius 3 is 3.12 bits per heavy atom. The van der Waals surface area contributed by atoms with E-state index >= 15 is 0 Å². The Morgan fingerprint density at radius 2 is 2.47 bits per heavy atom. The summed E-state index contributed by atoms with van der Waals surface area (Å²) in [6.45, 7) is 2.96. The third-order valence-electron chi connectivity index (χ3n) is 2.25. The third-order valence-corrected chi connectivity index (χ3v) is 2.25. The SMILES string of the molecule is CCOC(CN)Cc1nc(-c2ncc[nH]2)no1. The van der Waals surface area contributed by atoms with Crippen LogP contribution in [0.5, 0.6) is 0 Å². The second-order valence-electron chi connectivity index (χ2n) is 3.47. The van der Waals surface area contributed by atoms with E-state index in [0.29, 0.717) is 37.1 Å². The van der Waals surface area contributed by atoms with Gasteiger partial charge in [-0.3, -0.25) is 0 Å². The summed E-state index contributed by atoms with van der Waals surface area (Å²) >= 11 is 0. The smallest absolute Gasteiger partial charge is 0.238 e. The minimum atomic E-state index is -0.0927. The first-order valence-electron chi connectivity index (χ1n) is 5.47. The maximum absolute atomic E-state index is 5.57. The van der Waals surface area contributed by atoms with Crippen molar-refractivity contribution in [3.05, 3.63) is 18.3 Å². The van der Waals surface area contributed by atoms with Gasteiger partial charge in [-0.25, -0.2) is 4.98 Å². The normalized spacial score (nSPS) is 12.8. The Bertz CT molecular complexity index is 439. The van der Waals surface area contributed by atoms with Gasteiger partial charge >= 0.3 is 0 Å². The zero-order valence-corrected chi connectivity index (χ0v) is 9.59. The van der Waals surface area contributed by atoms with Gasteiger partial charge in [0, 0.05) is 25.5 Å². The largest absolute Gasteiger partial charge is 0.377 e. The quantitative estimate of drug-likeness (QED) is 0.752. The van der Waals surface area contributed by atoms with Gasteiger partial charge in [-0.2, -0.15) is 4.98 Å². The van der Waals surface area contributed by atoms with Crippen LogP contribution in [0.2, 0.25) is 0 Å². The summed E-state index contributed by atoms with van der Waals surface area (Å²) in [7, 11) is 0. The van der Waals surface area contributed by atoms with Crippen LogP contribution in [0.3, 0.4) is 0 Å². The number of ether oxygens (including phenoxy) is 1. The van der Waals surface area contributed by atoms with Crippen LogP contribution in [-0.4, -0.2) is 39.4 Å². The molecule has 0 fully saturated rings. The van der Waals surface area contributed by atoms with Crippen LogP contribution in [0.1, 0.15) is 12.8 Å². The van der Waals surface area contributed by atoms with Crippen molar-refractivity contribution in [1.29, 1.82) is 0 Å². The summed E-state index contributed by atoms with van der Waals surface area (Å²) in [6, 6.07) is 0. The summed E-state index contributed by atoms with van der Waals surface area (Å²) in [5.41, 5.74) is 5.57. The number of nitrogens with zero attached hydrogens (tertiary/aromatic N) is 3. The molecule has 0 bridgehead atoms. The lowest BCUT2D eigenvalue weighted by Gasteiger charge is -2.11. The Balaban J connectivity index is 2.03. The fourth-order valence-electron chi connectivity index (χ4n) is 1.46. The van der Waals surface area contributed by atoms with E-state index in [2.05, 4.69) is 20.1 Å². The molecule has 0 amide bonds. The maximum atomic E-state index is 5.57. The van der Waals surface area contributed by atoms with Crippen molar-refractivity contribution in [2.24, 2.45) is 5.73 Å². The minimum Gasteiger partial charge on any atom is -0.377 e. The Labute approximate surface area is 98.4 Å². The molecule has 0 saturated heterocycles. The molecule has 2 aromatic heterocycles. The van der Waals surface area contributed by atoms with Crippen molar-refractivity contribution in [3.8, 4) is 11.6 Å². The first-order valence-corrected chi connectivity index (χ1v) is 5.47. The summed E-state index contributed by atoms with van der Waals surface area (Å²) in [5, 5.41) is 3.83. The fraction of sp³-hybridized carbons (Fsp3) is 0.500. The molecule has 2 heterocycles. The highest BCUT2D eigenvalue weighted by atomic mass is 16.5. The van der Waals surface area contributed by atoms with Gasteiger partial charge in [0.2, 0.25) is 11.7 Å². The molecule has 2 rings (SSSR count). The summed E-state index contributed by atoms with van der Waals surface area (Å²) in [6.07, 6.45) is 3.76. The zero-order chi connectivity index (χ0) is 12.1. The lowest BCUT2D eigenvalue weighted by molar-refractivity contribution is 0.0636. The second-order valence-corrected chi connectivity index (χ2v) is 3.47. The van der Waals surface area contributed by atoms with Crippen LogP contribution in [-0.2, 0) is 11.2 Å². The predicted octanol–water partition coefficient (Wildman–Crippen LogP) is 0.366. The first-order chi connectivity index (χ1) is 8.33. The topological polar surface area (TPSA) is 103 Å². The number of imidazole rings is 1. The summed E-state index contributed by atoms with van der Waals surface area (Å²) < 4.78 is 10.5. The molecular weight excluding hydrogens is 222 g/mol. The molecule has 7 heteroatoms. The number of hydrogen-bond acceptors (Lipinski definition) is 6. The molecular formula is C10H15N5O2. The highest BCUT2D eigenvalue weighted by Gasteiger charge is 2.15. The minimum absolute atomic E-state index is 0.0927. The van der Waals surface area contributed by atoms with E-state index in [4.69, 9.17) is 15.0 Å². The first kappa shape index (κ1) is 11.7. The molecule has 0 radical (unpaired) electrons. The molecule has 0 spiro atoms. The molecule has 17 heavy (non-hydrogen) atoms. The van der Waals surface area contributed by atoms with Gasteiger partial charge in [-0.1, -0.05) is 5.16 Å². The third kappa shape index (κ3) is 2.89. The summed E-state index contributed by atoms with van der Waals surface area (Å²) in [5.74, 6) is 1.53. The molecule has 0 saturated carbocycles.